The first-order valence-electron chi connectivity index (χ1n) is 8.96. The summed E-state index contributed by atoms with van der Waals surface area (Å²) in [7, 11) is 4.04. The van der Waals surface area contributed by atoms with Gasteiger partial charge in [-0.2, -0.15) is 0 Å². The molecule has 0 aromatic heterocycles. The summed E-state index contributed by atoms with van der Waals surface area (Å²) in [5.41, 5.74) is 1.08. The molecule has 0 N–H and O–H groups in total. The van der Waals surface area contributed by atoms with Crippen LogP contribution in [0.15, 0.2) is 18.2 Å². The van der Waals surface area contributed by atoms with Crippen LogP contribution in [0.25, 0.3) is 0 Å². The van der Waals surface area contributed by atoms with Crippen LogP contribution < -0.4 is 4.90 Å². The van der Waals surface area contributed by atoms with Crippen LogP contribution in [-0.4, -0.2) is 66.9 Å². The van der Waals surface area contributed by atoms with Gasteiger partial charge < -0.3 is 14.7 Å². The van der Waals surface area contributed by atoms with Crippen LogP contribution in [0.5, 0.6) is 0 Å². The number of piperidine rings is 1. The van der Waals surface area contributed by atoms with E-state index in [4.69, 9.17) is 0 Å². The zero-order chi connectivity index (χ0) is 18.0. The standard InChI is InChI=1S/C18H26N4O3/c1-19(2)15-6-5-11-21(13-15)18(23)14-7-8-16(17(12-14)22(24)25)20-9-3-4-10-20/h7-8,12,15H,3-6,9-11,13H2,1-2H3. The lowest BCUT2D eigenvalue weighted by Crippen LogP contribution is -2.47. The fourth-order valence-corrected chi connectivity index (χ4v) is 3.77. The molecular weight excluding hydrogens is 320 g/mol. The Hall–Kier alpha value is -2.15. The zero-order valence-corrected chi connectivity index (χ0v) is 15.0. The SMILES string of the molecule is CN(C)C1CCCN(C(=O)c2ccc(N3CCCC3)c([N+](=O)[O-])c2)C1. The maximum atomic E-state index is 12.8. The molecule has 25 heavy (non-hydrogen) atoms. The topological polar surface area (TPSA) is 69.9 Å². The smallest absolute Gasteiger partial charge is 0.293 e. The van der Waals surface area contributed by atoms with E-state index in [9.17, 15) is 14.9 Å². The number of likely N-dealkylation sites (tertiary alicyclic amines) is 1. The van der Waals surface area contributed by atoms with Gasteiger partial charge in [-0.1, -0.05) is 0 Å². The van der Waals surface area contributed by atoms with Crippen molar-refractivity contribution < 1.29 is 9.72 Å². The molecule has 2 fully saturated rings. The summed E-state index contributed by atoms with van der Waals surface area (Å²) >= 11 is 0. The first-order chi connectivity index (χ1) is 12.0. The summed E-state index contributed by atoms with van der Waals surface area (Å²) in [5, 5.41) is 11.5. The van der Waals surface area contributed by atoms with E-state index in [1.165, 1.54) is 6.07 Å². The Morgan fingerprint density at radius 2 is 1.92 bits per heavy atom. The van der Waals surface area contributed by atoms with Crippen LogP contribution >= 0.6 is 0 Å². The lowest BCUT2D eigenvalue weighted by Gasteiger charge is -2.36. The van der Waals surface area contributed by atoms with Crippen LogP contribution in [0.2, 0.25) is 0 Å². The molecule has 2 heterocycles. The maximum Gasteiger partial charge on any atom is 0.293 e. The predicted octanol–water partition coefficient (Wildman–Crippen LogP) is 2.36. The van der Waals surface area contributed by atoms with Gasteiger partial charge in [-0.05, 0) is 51.9 Å². The molecule has 0 bridgehead atoms. The lowest BCUT2D eigenvalue weighted by molar-refractivity contribution is -0.384. The van der Waals surface area contributed by atoms with Gasteiger partial charge in [0.15, 0.2) is 0 Å². The number of hydrogen-bond acceptors (Lipinski definition) is 5. The number of benzene rings is 1. The van der Waals surface area contributed by atoms with E-state index in [-0.39, 0.29) is 16.5 Å². The highest BCUT2D eigenvalue weighted by Gasteiger charge is 2.28. The van der Waals surface area contributed by atoms with E-state index in [0.717, 1.165) is 38.8 Å². The van der Waals surface area contributed by atoms with E-state index in [2.05, 4.69) is 4.90 Å². The molecule has 2 aliphatic heterocycles. The molecule has 1 amide bonds. The normalized spacial score (nSPS) is 21.0. The molecule has 1 atom stereocenters. The first-order valence-corrected chi connectivity index (χ1v) is 8.96. The predicted molar refractivity (Wildman–Crippen MR) is 97.2 cm³/mol. The van der Waals surface area contributed by atoms with Gasteiger partial charge >= 0.3 is 0 Å². The van der Waals surface area contributed by atoms with Gasteiger partial charge in [0.25, 0.3) is 11.6 Å². The average molecular weight is 346 g/mol. The Balaban J connectivity index is 1.83. The molecule has 1 aromatic rings. The third-order valence-electron chi connectivity index (χ3n) is 5.28. The summed E-state index contributed by atoms with van der Waals surface area (Å²) in [6.07, 6.45) is 4.14. The average Bonchev–Trinajstić information content (AvgIpc) is 3.15. The number of nitro groups is 1. The number of anilines is 1. The van der Waals surface area contributed by atoms with Gasteiger partial charge in [-0.25, -0.2) is 0 Å². The first kappa shape index (κ1) is 17.7. The molecule has 2 saturated heterocycles. The summed E-state index contributed by atoms with van der Waals surface area (Å²) in [4.78, 5) is 30.0. The van der Waals surface area contributed by atoms with Crippen LogP contribution in [-0.2, 0) is 0 Å². The lowest BCUT2D eigenvalue weighted by atomic mass is 10.0. The molecule has 0 aliphatic carbocycles. The fourth-order valence-electron chi connectivity index (χ4n) is 3.77. The summed E-state index contributed by atoms with van der Waals surface area (Å²) < 4.78 is 0. The van der Waals surface area contributed by atoms with Crippen LogP contribution in [0.4, 0.5) is 11.4 Å². The Morgan fingerprint density at radius 1 is 1.20 bits per heavy atom. The Bertz CT molecular complexity index is 656. The molecule has 0 saturated carbocycles. The van der Waals surface area contributed by atoms with Gasteiger partial charge in [0.1, 0.15) is 5.69 Å². The minimum Gasteiger partial charge on any atom is -0.366 e. The minimum absolute atomic E-state index is 0.0360. The number of hydrogen-bond donors (Lipinski definition) is 0. The quantitative estimate of drug-likeness (QED) is 0.618. The second kappa shape index (κ2) is 7.39. The largest absolute Gasteiger partial charge is 0.366 e. The van der Waals surface area contributed by atoms with Gasteiger partial charge in [-0.15, -0.1) is 0 Å². The van der Waals surface area contributed by atoms with E-state index < -0.39 is 0 Å². The molecule has 7 nitrogen and oxygen atoms in total. The second-order valence-corrected chi connectivity index (χ2v) is 7.17. The third-order valence-corrected chi connectivity index (χ3v) is 5.28. The van der Waals surface area contributed by atoms with Gasteiger partial charge in [0, 0.05) is 43.9 Å². The van der Waals surface area contributed by atoms with Crippen molar-refractivity contribution in [1.29, 1.82) is 0 Å². The summed E-state index contributed by atoms with van der Waals surface area (Å²) in [6.45, 7) is 3.06. The highest BCUT2D eigenvalue weighted by atomic mass is 16.6. The highest BCUT2D eigenvalue weighted by molar-refractivity contribution is 5.96. The van der Waals surface area contributed by atoms with E-state index in [0.29, 0.717) is 30.4 Å². The van der Waals surface area contributed by atoms with Crippen molar-refractivity contribution in [3.8, 4) is 0 Å². The molecule has 1 unspecified atom stereocenters. The monoisotopic (exact) mass is 346 g/mol. The molecule has 0 radical (unpaired) electrons. The van der Waals surface area contributed by atoms with Crippen LogP contribution in [0.3, 0.4) is 0 Å². The van der Waals surface area contributed by atoms with E-state index in [1.807, 2.05) is 23.9 Å². The molecular formula is C18H26N4O3. The van der Waals surface area contributed by atoms with Crippen molar-refractivity contribution in [2.45, 2.75) is 31.7 Å². The van der Waals surface area contributed by atoms with Crippen molar-refractivity contribution in [1.82, 2.24) is 9.80 Å². The third kappa shape index (κ3) is 3.76. The molecule has 136 valence electrons. The van der Waals surface area contributed by atoms with Gasteiger partial charge in [0.2, 0.25) is 0 Å². The number of nitro benzene ring substituents is 1. The van der Waals surface area contributed by atoms with Crippen molar-refractivity contribution in [2.75, 3.05) is 45.2 Å². The maximum absolute atomic E-state index is 12.8. The minimum atomic E-state index is -0.372. The van der Waals surface area contributed by atoms with E-state index in [1.54, 1.807) is 12.1 Å². The van der Waals surface area contributed by atoms with Gasteiger partial charge in [-0.3, -0.25) is 14.9 Å². The number of carbonyl (C=O) groups is 1. The van der Waals surface area contributed by atoms with Crippen molar-refractivity contribution >= 4 is 17.3 Å². The molecule has 0 spiro atoms. The Morgan fingerprint density at radius 3 is 2.56 bits per heavy atom. The summed E-state index contributed by atoms with van der Waals surface area (Å²) in [6, 6.07) is 5.28. The second-order valence-electron chi connectivity index (χ2n) is 7.17. The number of amides is 1. The Kier molecular flexibility index (Phi) is 5.22. The molecule has 3 rings (SSSR count). The summed E-state index contributed by atoms with van der Waals surface area (Å²) in [5.74, 6) is -0.109. The highest BCUT2D eigenvalue weighted by Crippen LogP contribution is 2.32. The van der Waals surface area contributed by atoms with E-state index >= 15 is 0 Å². The number of likely N-dealkylation sites (N-methyl/N-ethyl adjacent to an activating group) is 1. The van der Waals surface area contributed by atoms with Crippen molar-refractivity contribution in [3.63, 3.8) is 0 Å². The Labute approximate surface area is 148 Å². The van der Waals surface area contributed by atoms with Crippen molar-refractivity contribution in [3.05, 3.63) is 33.9 Å². The zero-order valence-electron chi connectivity index (χ0n) is 15.0. The van der Waals surface area contributed by atoms with Gasteiger partial charge in [0.05, 0.1) is 4.92 Å². The number of carbonyl (C=O) groups excluding carboxylic acids is 1. The molecule has 1 aromatic carbocycles. The number of rotatable bonds is 4. The molecule has 2 aliphatic rings. The van der Waals surface area contributed by atoms with Crippen LogP contribution in [0.1, 0.15) is 36.0 Å². The van der Waals surface area contributed by atoms with Crippen LogP contribution in [0, 0.1) is 10.1 Å². The molecule has 7 heteroatoms. The fraction of sp³-hybridized carbons (Fsp3) is 0.611. The number of nitrogens with zero attached hydrogens (tertiary/aromatic N) is 4. The van der Waals surface area contributed by atoms with Crippen molar-refractivity contribution in [2.24, 2.45) is 0 Å².